The Kier molecular flexibility index (Phi) is 3.50. The summed E-state index contributed by atoms with van der Waals surface area (Å²) in [5.74, 6) is -2.04. The molecule has 0 aromatic heterocycles. The van der Waals surface area contributed by atoms with Crippen LogP contribution in [-0.2, 0) is 22.4 Å². The second-order valence-corrected chi connectivity index (χ2v) is 4.41. The Balaban J connectivity index is 2.32. The second kappa shape index (κ2) is 5.08. The smallest absolute Gasteiger partial charge is 0.323 e. The zero-order chi connectivity index (χ0) is 13.1. The molecule has 1 aliphatic carbocycles. The number of aliphatic carboxylic acids is 2. The third kappa shape index (κ3) is 2.61. The van der Waals surface area contributed by atoms with Crippen LogP contribution in [0.5, 0.6) is 0 Å². The lowest BCUT2D eigenvalue weighted by atomic mass is 10.1. The highest BCUT2D eigenvalue weighted by molar-refractivity contribution is 5.80. The fourth-order valence-electron chi connectivity index (χ4n) is 2.45. The van der Waals surface area contributed by atoms with Gasteiger partial charge in [0.1, 0.15) is 13.1 Å². The maximum Gasteiger partial charge on any atom is 0.323 e. The fourth-order valence-corrected chi connectivity index (χ4v) is 2.45. The molecule has 5 nitrogen and oxygen atoms in total. The van der Waals surface area contributed by atoms with Crippen molar-refractivity contribution in [2.24, 2.45) is 0 Å². The third-order valence-corrected chi connectivity index (χ3v) is 3.11. The minimum absolute atomic E-state index is 0.289. The van der Waals surface area contributed by atoms with Crippen LogP contribution < -0.4 is 4.90 Å². The van der Waals surface area contributed by atoms with Crippen molar-refractivity contribution < 1.29 is 19.8 Å². The van der Waals surface area contributed by atoms with Crippen molar-refractivity contribution in [3.05, 3.63) is 29.3 Å². The van der Waals surface area contributed by atoms with Crippen molar-refractivity contribution in [2.45, 2.75) is 19.3 Å². The standard InChI is InChI=1S/C13H15NO4/c15-12(16)7-14(8-13(17)18)11-6-2-4-9-3-1-5-10(9)11/h2,4,6H,1,3,5,7-8H2,(H,15,16)(H,17,18). The predicted molar refractivity (Wildman–Crippen MR) is 66.0 cm³/mol. The van der Waals surface area contributed by atoms with Gasteiger partial charge in [-0.05, 0) is 36.5 Å². The van der Waals surface area contributed by atoms with Gasteiger partial charge in [0.15, 0.2) is 0 Å². The lowest BCUT2D eigenvalue weighted by molar-refractivity contribution is -0.136. The first kappa shape index (κ1) is 12.4. The zero-order valence-corrected chi connectivity index (χ0v) is 9.93. The van der Waals surface area contributed by atoms with Crippen molar-refractivity contribution in [3.8, 4) is 0 Å². The van der Waals surface area contributed by atoms with Gasteiger partial charge in [0.2, 0.25) is 0 Å². The monoisotopic (exact) mass is 249 g/mol. The lowest BCUT2D eigenvalue weighted by Gasteiger charge is -2.23. The summed E-state index contributed by atoms with van der Waals surface area (Å²) in [6.45, 7) is -0.578. The summed E-state index contributed by atoms with van der Waals surface area (Å²) in [6.07, 6.45) is 2.92. The molecule has 0 fully saturated rings. The Morgan fingerprint density at radius 3 is 2.39 bits per heavy atom. The van der Waals surface area contributed by atoms with Gasteiger partial charge in [-0.15, -0.1) is 0 Å². The molecule has 2 rings (SSSR count). The number of fused-ring (bicyclic) bond motifs is 1. The second-order valence-electron chi connectivity index (χ2n) is 4.41. The summed E-state index contributed by atoms with van der Waals surface area (Å²) in [5.41, 5.74) is 3.04. The van der Waals surface area contributed by atoms with Crippen LogP contribution in [0.2, 0.25) is 0 Å². The maximum absolute atomic E-state index is 10.8. The number of rotatable bonds is 5. The quantitative estimate of drug-likeness (QED) is 0.818. The number of carbonyl (C=O) groups is 2. The van der Waals surface area contributed by atoms with Crippen LogP contribution in [0.3, 0.4) is 0 Å². The molecule has 0 aliphatic heterocycles. The maximum atomic E-state index is 10.8. The lowest BCUT2D eigenvalue weighted by Crippen LogP contribution is -2.35. The Labute approximate surface area is 105 Å². The van der Waals surface area contributed by atoms with Gasteiger partial charge in [-0.3, -0.25) is 9.59 Å². The van der Waals surface area contributed by atoms with Crippen LogP contribution in [0.15, 0.2) is 18.2 Å². The van der Waals surface area contributed by atoms with E-state index in [1.54, 1.807) is 6.07 Å². The summed E-state index contributed by atoms with van der Waals surface area (Å²) in [7, 11) is 0. The summed E-state index contributed by atoms with van der Waals surface area (Å²) in [6, 6.07) is 5.68. The number of carboxylic acid groups (broad SMARTS) is 2. The molecule has 1 aliphatic rings. The number of hydrogen-bond donors (Lipinski definition) is 2. The van der Waals surface area contributed by atoms with E-state index in [1.165, 1.54) is 10.5 Å². The molecular weight excluding hydrogens is 234 g/mol. The topological polar surface area (TPSA) is 77.8 Å². The average Bonchev–Trinajstić information content (AvgIpc) is 2.74. The Morgan fingerprint density at radius 2 is 1.78 bits per heavy atom. The van der Waals surface area contributed by atoms with Crippen molar-refractivity contribution in [1.29, 1.82) is 0 Å². The third-order valence-electron chi connectivity index (χ3n) is 3.11. The van der Waals surface area contributed by atoms with Gasteiger partial charge in [-0.2, -0.15) is 0 Å². The molecule has 0 radical (unpaired) electrons. The van der Waals surface area contributed by atoms with Crippen LogP contribution in [0, 0.1) is 0 Å². The fraction of sp³-hybridized carbons (Fsp3) is 0.385. The molecule has 0 heterocycles. The molecule has 0 bridgehead atoms. The van der Waals surface area contributed by atoms with Crippen LogP contribution in [0.25, 0.3) is 0 Å². The highest BCUT2D eigenvalue weighted by Crippen LogP contribution is 2.31. The molecule has 0 saturated carbocycles. The van der Waals surface area contributed by atoms with E-state index >= 15 is 0 Å². The minimum Gasteiger partial charge on any atom is -0.480 e. The van der Waals surface area contributed by atoms with Crippen LogP contribution in [-0.4, -0.2) is 35.2 Å². The molecule has 0 amide bonds. The molecular formula is C13H15NO4. The number of benzene rings is 1. The van der Waals surface area contributed by atoms with Gasteiger partial charge < -0.3 is 15.1 Å². The van der Waals surface area contributed by atoms with Crippen LogP contribution in [0.1, 0.15) is 17.5 Å². The van der Waals surface area contributed by atoms with E-state index in [9.17, 15) is 9.59 Å². The van der Waals surface area contributed by atoms with E-state index in [-0.39, 0.29) is 13.1 Å². The first-order valence-corrected chi connectivity index (χ1v) is 5.87. The Morgan fingerprint density at radius 1 is 1.11 bits per heavy atom. The number of aryl methyl sites for hydroxylation is 1. The van der Waals surface area contributed by atoms with Crippen molar-refractivity contribution >= 4 is 17.6 Å². The zero-order valence-electron chi connectivity index (χ0n) is 9.93. The molecule has 1 aromatic rings. The van der Waals surface area contributed by atoms with Gasteiger partial charge in [-0.25, -0.2) is 0 Å². The van der Waals surface area contributed by atoms with Gasteiger partial charge in [-0.1, -0.05) is 12.1 Å². The highest BCUT2D eigenvalue weighted by atomic mass is 16.4. The van der Waals surface area contributed by atoms with Crippen LogP contribution >= 0.6 is 0 Å². The number of hydrogen-bond acceptors (Lipinski definition) is 3. The Bertz CT molecular complexity index is 468. The van der Waals surface area contributed by atoms with E-state index in [0.29, 0.717) is 0 Å². The predicted octanol–water partition coefficient (Wildman–Crippen LogP) is 1.15. The van der Waals surface area contributed by atoms with E-state index in [4.69, 9.17) is 10.2 Å². The molecule has 0 atom stereocenters. The number of nitrogens with zero attached hydrogens (tertiary/aromatic N) is 1. The molecule has 2 N–H and O–H groups in total. The first-order chi connectivity index (χ1) is 8.58. The van der Waals surface area contributed by atoms with Crippen molar-refractivity contribution in [3.63, 3.8) is 0 Å². The molecule has 18 heavy (non-hydrogen) atoms. The highest BCUT2D eigenvalue weighted by Gasteiger charge is 2.21. The van der Waals surface area contributed by atoms with E-state index in [0.717, 1.165) is 30.5 Å². The first-order valence-electron chi connectivity index (χ1n) is 5.87. The summed E-state index contributed by atoms with van der Waals surface area (Å²) in [5, 5.41) is 17.7. The molecule has 1 aromatic carbocycles. The average molecular weight is 249 g/mol. The van der Waals surface area contributed by atoms with Gasteiger partial charge >= 0.3 is 11.9 Å². The normalized spacial score (nSPS) is 13.1. The minimum atomic E-state index is -1.02. The van der Waals surface area contributed by atoms with Gasteiger partial charge in [0.25, 0.3) is 0 Å². The van der Waals surface area contributed by atoms with E-state index in [1.807, 2.05) is 12.1 Å². The molecule has 0 unspecified atom stereocenters. The van der Waals surface area contributed by atoms with Crippen LogP contribution in [0.4, 0.5) is 5.69 Å². The van der Waals surface area contributed by atoms with E-state index < -0.39 is 11.9 Å². The van der Waals surface area contributed by atoms with Crippen molar-refractivity contribution in [1.82, 2.24) is 0 Å². The molecule has 0 spiro atoms. The van der Waals surface area contributed by atoms with E-state index in [2.05, 4.69) is 0 Å². The van der Waals surface area contributed by atoms with Gasteiger partial charge in [0, 0.05) is 5.69 Å². The Hall–Kier alpha value is -2.04. The SMILES string of the molecule is O=C(O)CN(CC(=O)O)c1cccc2c1CCC2. The largest absolute Gasteiger partial charge is 0.480 e. The van der Waals surface area contributed by atoms with Gasteiger partial charge in [0.05, 0.1) is 0 Å². The number of carboxylic acids is 2. The summed E-state index contributed by atoms with van der Waals surface area (Å²) < 4.78 is 0. The number of anilines is 1. The molecule has 96 valence electrons. The van der Waals surface area contributed by atoms with Crippen molar-refractivity contribution in [2.75, 3.05) is 18.0 Å². The summed E-state index contributed by atoms with van der Waals surface area (Å²) >= 11 is 0. The molecule has 5 heteroatoms. The molecule has 0 saturated heterocycles. The summed E-state index contributed by atoms with van der Waals surface area (Å²) in [4.78, 5) is 23.1.